The highest BCUT2D eigenvalue weighted by Gasteiger charge is 2.22. The topological polar surface area (TPSA) is 103 Å². The molecular weight excluding hydrogens is 464 g/mol. The summed E-state index contributed by atoms with van der Waals surface area (Å²) in [6, 6.07) is 10.9. The SMILES string of the molecule is CCN1CCN(c2cc(C(=O)O)c3cc(NS(=O)(=O)c4cccc(Cl)c4C)ccc3n2)CC1. The zero-order chi connectivity index (χ0) is 23.8. The van der Waals surface area contributed by atoms with Crippen LogP contribution in [-0.4, -0.2) is 62.1 Å². The summed E-state index contributed by atoms with van der Waals surface area (Å²) in [5.74, 6) is -0.486. The molecule has 33 heavy (non-hydrogen) atoms. The molecule has 0 atom stereocenters. The van der Waals surface area contributed by atoms with Gasteiger partial charge in [-0.05, 0) is 55.4 Å². The van der Waals surface area contributed by atoms with Gasteiger partial charge >= 0.3 is 5.97 Å². The van der Waals surface area contributed by atoms with E-state index in [1.54, 1.807) is 37.3 Å². The van der Waals surface area contributed by atoms with Gasteiger partial charge in [-0.2, -0.15) is 0 Å². The standard InChI is InChI=1S/C23H25ClN4O4S/c1-3-27-9-11-28(12-10-27)22-14-18(23(29)30)17-13-16(7-8-20(17)25-22)26-33(31,32)21-6-4-5-19(24)15(21)2/h4-8,13-14,26H,3,9-12H2,1-2H3,(H,29,30). The van der Waals surface area contributed by atoms with Gasteiger partial charge in [-0.3, -0.25) is 4.72 Å². The van der Waals surface area contributed by atoms with Crippen LogP contribution in [0.3, 0.4) is 0 Å². The Morgan fingerprint density at radius 2 is 1.88 bits per heavy atom. The number of carboxylic acids is 1. The van der Waals surface area contributed by atoms with Crippen molar-refractivity contribution in [1.29, 1.82) is 0 Å². The molecule has 1 fully saturated rings. The van der Waals surface area contributed by atoms with E-state index in [1.165, 1.54) is 12.1 Å². The van der Waals surface area contributed by atoms with Gasteiger partial charge in [0.25, 0.3) is 10.0 Å². The molecule has 1 aliphatic rings. The van der Waals surface area contributed by atoms with Gasteiger partial charge in [0, 0.05) is 42.3 Å². The van der Waals surface area contributed by atoms with Crippen molar-refractivity contribution in [3.63, 3.8) is 0 Å². The Morgan fingerprint density at radius 3 is 2.55 bits per heavy atom. The minimum absolute atomic E-state index is 0.0632. The fraction of sp³-hybridized carbons (Fsp3) is 0.304. The predicted octanol–water partition coefficient (Wildman–Crippen LogP) is 3.84. The fourth-order valence-electron chi connectivity index (χ4n) is 4.00. The highest BCUT2D eigenvalue weighted by atomic mass is 35.5. The number of nitrogens with zero attached hydrogens (tertiary/aromatic N) is 3. The van der Waals surface area contributed by atoms with Crippen LogP contribution in [0.25, 0.3) is 10.9 Å². The monoisotopic (exact) mass is 488 g/mol. The Labute approximate surface area is 197 Å². The maximum absolute atomic E-state index is 12.9. The molecule has 0 saturated carbocycles. The lowest BCUT2D eigenvalue weighted by molar-refractivity contribution is 0.0699. The number of piperazine rings is 1. The molecular formula is C23H25ClN4O4S. The Hall–Kier alpha value is -2.88. The number of hydrogen-bond donors (Lipinski definition) is 2. The van der Waals surface area contributed by atoms with Crippen molar-refractivity contribution in [3.8, 4) is 0 Å². The Balaban J connectivity index is 1.69. The number of rotatable bonds is 6. The van der Waals surface area contributed by atoms with Gasteiger partial charge in [-0.15, -0.1) is 0 Å². The maximum atomic E-state index is 12.9. The normalized spacial score (nSPS) is 15.1. The molecule has 4 rings (SSSR count). The van der Waals surface area contributed by atoms with Crippen molar-refractivity contribution < 1.29 is 18.3 Å². The summed E-state index contributed by atoms with van der Waals surface area (Å²) in [6.45, 7) is 8.04. The molecule has 0 bridgehead atoms. The number of aromatic nitrogens is 1. The summed E-state index contributed by atoms with van der Waals surface area (Å²) in [4.78, 5) is 21.2. The lowest BCUT2D eigenvalue weighted by atomic mass is 10.1. The van der Waals surface area contributed by atoms with Gasteiger partial charge in [0.05, 0.1) is 16.0 Å². The number of halogens is 1. The first-order chi connectivity index (χ1) is 15.7. The van der Waals surface area contributed by atoms with Gasteiger partial charge in [0.15, 0.2) is 0 Å². The number of sulfonamides is 1. The van der Waals surface area contributed by atoms with Crippen LogP contribution >= 0.6 is 11.6 Å². The highest BCUT2D eigenvalue weighted by Crippen LogP contribution is 2.29. The van der Waals surface area contributed by atoms with Crippen LogP contribution < -0.4 is 9.62 Å². The summed E-state index contributed by atoms with van der Waals surface area (Å²) in [5.41, 5.74) is 1.25. The number of anilines is 2. The molecule has 2 aromatic carbocycles. The van der Waals surface area contributed by atoms with E-state index >= 15 is 0 Å². The molecule has 0 spiro atoms. The zero-order valence-electron chi connectivity index (χ0n) is 18.4. The van der Waals surface area contributed by atoms with Gasteiger partial charge in [-0.25, -0.2) is 18.2 Å². The molecule has 2 heterocycles. The van der Waals surface area contributed by atoms with Gasteiger partial charge in [-0.1, -0.05) is 24.6 Å². The molecule has 8 nitrogen and oxygen atoms in total. The number of fused-ring (bicyclic) bond motifs is 1. The largest absolute Gasteiger partial charge is 0.478 e. The third-order valence-electron chi connectivity index (χ3n) is 5.93. The molecule has 0 aliphatic carbocycles. The Kier molecular flexibility index (Phi) is 6.47. The molecule has 10 heteroatoms. The number of likely N-dealkylation sites (N-methyl/N-ethyl adjacent to an activating group) is 1. The quantitative estimate of drug-likeness (QED) is 0.543. The predicted molar refractivity (Wildman–Crippen MR) is 130 cm³/mol. The van der Waals surface area contributed by atoms with Crippen molar-refractivity contribution in [2.24, 2.45) is 0 Å². The summed E-state index contributed by atoms with van der Waals surface area (Å²) in [7, 11) is -3.92. The van der Waals surface area contributed by atoms with Gasteiger partial charge in [0.1, 0.15) is 5.82 Å². The first kappa shape index (κ1) is 23.3. The summed E-state index contributed by atoms with van der Waals surface area (Å²) >= 11 is 6.08. The second-order valence-electron chi connectivity index (χ2n) is 7.95. The lowest BCUT2D eigenvalue weighted by Gasteiger charge is -2.35. The van der Waals surface area contributed by atoms with Crippen molar-refractivity contribution in [2.45, 2.75) is 18.7 Å². The number of hydrogen-bond acceptors (Lipinski definition) is 6. The van der Waals surface area contributed by atoms with Gasteiger partial charge < -0.3 is 14.9 Å². The van der Waals surface area contributed by atoms with Crippen LogP contribution in [0.1, 0.15) is 22.8 Å². The molecule has 3 aromatic rings. The second-order valence-corrected chi connectivity index (χ2v) is 10.0. The Morgan fingerprint density at radius 1 is 1.15 bits per heavy atom. The van der Waals surface area contributed by atoms with Crippen LogP contribution in [0.15, 0.2) is 47.4 Å². The van der Waals surface area contributed by atoms with E-state index in [0.29, 0.717) is 27.3 Å². The number of carboxylic acid groups (broad SMARTS) is 1. The summed E-state index contributed by atoms with van der Waals surface area (Å²) in [6.07, 6.45) is 0. The van der Waals surface area contributed by atoms with E-state index in [4.69, 9.17) is 11.6 Å². The molecule has 0 unspecified atom stereocenters. The lowest BCUT2D eigenvalue weighted by Crippen LogP contribution is -2.46. The minimum Gasteiger partial charge on any atom is -0.478 e. The number of nitrogens with one attached hydrogen (secondary N) is 1. The van der Waals surface area contributed by atoms with Gasteiger partial charge in [0.2, 0.25) is 0 Å². The smallest absolute Gasteiger partial charge is 0.336 e. The number of aromatic carboxylic acids is 1. The molecule has 1 aliphatic heterocycles. The van der Waals surface area contributed by atoms with Crippen molar-refractivity contribution in [3.05, 3.63) is 58.6 Å². The highest BCUT2D eigenvalue weighted by molar-refractivity contribution is 7.92. The van der Waals surface area contributed by atoms with E-state index < -0.39 is 16.0 Å². The van der Waals surface area contributed by atoms with E-state index in [-0.39, 0.29) is 16.1 Å². The fourth-order valence-corrected chi connectivity index (χ4v) is 5.54. The van der Waals surface area contributed by atoms with Crippen LogP contribution in [0, 0.1) is 6.92 Å². The van der Waals surface area contributed by atoms with Crippen LogP contribution in [0.5, 0.6) is 0 Å². The third kappa shape index (κ3) is 4.75. The number of carbonyl (C=O) groups is 1. The Bertz CT molecular complexity index is 1320. The first-order valence-electron chi connectivity index (χ1n) is 10.6. The molecule has 0 amide bonds. The third-order valence-corrected chi connectivity index (χ3v) is 7.86. The van der Waals surface area contributed by atoms with Crippen LogP contribution in [-0.2, 0) is 10.0 Å². The molecule has 1 aromatic heterocycles. The summed E-state index contributed by atoms with van der Waals surface area (Å²) < 4.78 is 28.4. The van der Waals surface area contributed by atoms with Crippen molar-refractivity contribution >= 4 is 50.0 Å². The molecule has 0 radical (unpaired) electrons. The summed E-state index contributed by atoms with van der Waals surface area (Å²) in [5, 5.41) is 10.6. The molecule has 174 valence electrons. The van der Waals surface area contributed by atoms with E-state index in [9.17, 15) is 18.3 Å². The van der Waals surface area contributed by atoms with E-state index in [2.05, 4.69) is 26.4 Å². The van der Waals surface area contributed by atoms with Crippen LogP contribution in [0.2, 0.25) is 5.02 Å². The second kappa shape index (κ2) is 9.17. The minimum atomic E-state index is -3.92. The molecule has 2 N–H and O–H groups in total. The van der Waals surface area contributed by atoms with E-state index in [0.717, 1.165) is 32.7 Å². The number of pyridine rings is 1. The van der Waals surface area contributed by atoms with E-state index in [1.807, 2.05) is 0 Å². The molecule has 1 saturated heterocycles. The van der Waals surface area contributed by atoms with Crippen molar-refractivity contribution in [1.82, 2.24) is 9.88 Å². The van der Waals surface area contributed by atoms with Crippen molar-refractivity contribution in [2.75, 3.05) is 42.3 Å². The average molecular weight is 489 g/mol. The first-order valence-corrected chi connectivity index (χ1v) is 12.5. The maximum Gasteiger partial charge on any atom is 0.336 e. The zero-order valence-corrected chi connectivity index (χ0v) is 19.9. The average Bonchev–Trinajstić information content (AvgIpc) is 2.79. The number of benzene rings is 2. The van der Waals surface area contributed by atoms with Crippen LogP contribution in [0.4, 0.5) is 11.5 Å².